The molecule has 7 nitrogen and oxygen atoms in total. The molecule has 1 atom stereocenters. The van der Waals surface area contributed by atoms with E-state index in [9.17, 15) is 4.79 Å². The molecule has 0 radical (unpaired) electrons. The number of piperidine rings is 3. The number of hydrogen-bond donors (Lipinski definition) is 1. The van der Waals surface area contributed by atoms with E-state index in [2.05, 4.69) is 20.2 Å². The molecular weight excluding hydrogens is 258 g/mol. The van der Waals surface area contributed by atoms with E-state index < -0.39 is 5.54 Å². The number of ether oxygens (including phenoxy) is 1. The van der Waals surface area contributed by atoms with E-state index in [0.717, 1.165) is 38.9 Å². The first-order chi connectivity index (χ1) is 9.73. The molecule has 0 aliphatic carbocycles. The number of carbonyl (C=O) groups excluding carboxylic acids is 1. The molecule has 0 amide bonds. The third-order valence-corrected chi connectivity index (χ3v) is 4.34. The standard InChI is InChI=1S/C13H23N5O2/c1-2-20-12(19)13(15-6-3-7-16-17-14)10-18-8-4-11(13)5-9-18/h11,15H,2-10H2,1H3. The predicted octanol–water partition coefficient (Wildman–Crippen LogP) is 1.30. The third kappa shape index (κ3) is 3.06. The summed E-state index contributed by atoms with van der Waals surface area (Å²) in [4.78, 5) is 17.5. The number of nitrogens with one attached hydrogen (secondary N) is 1. The SMILES string of the molecule is CCOC(=O)C1(NCCCN=[N+]=[N-])CN2CCC1CC2. The van der Waals surface area contributed by atoms with Crippen LogP contribution in [0.4, 0.5) is 0 Å². The average Bonchev–Trinajstić information content (AvgIpc) is 2.48. The topological polar surface area (TPSA) is 90.3 Å². The van der Waals surface area contributed by atoms with Crippen LogP contribution in [0.25, 0.3) is 10.4 Å². The highest BCUT2D eigenvalue weighted by Gasteiger charge is 2.52. The lowest BCUT2D eigenvalue weighted by atomic mass is 9.72. The van der Waals surface area contributed by atoms with Gasteiger partial charge in [-0.2, -0.15) is 0 Å². The van der Waals surface area contributed by atoms with Crippen molar-refractivity contribution in [2.24, 2.45) is 11.0 Å². The molecule has 2 bridgehead atoms. The molecule has 3 heterocycles. The summed E-state index contributed by atoms with van der Waals surface area (Å²) in [6, 6.07) is 0. The molecule has 1 N–H and O–H groups in total. The minimum atomic E-state index is -0.567. The summed E-state index contributed by atoms with van der Waals surface area (Å²) < 4.78 is 5.31. The summed E-state index contributed by atoms with van der Waals surface area (Å²) in [5, 5.41) is 6.93. The van der Waals surface area contributed by atoms with Crippen molar-refractivity contribution in [1.82, 2.24) is 10.2 Å². The highest BCUT2D eigenvalue weighted by molar-refractivity contribution is 5.82. The zero-order valence-electron chi connectivity index (χ0n) is 12.0. The Hall–Kier alpha value is -1.30. The van der Waals surface area contributed by atoms with Crippen molar-refractivity contribution in [2.45, 2.75) is 31.7 Å². The van der Waals surface area contributed by atoms with Crippen LogP contribution in [0.2, 0.25) is 0 Å². The van der Waals surface area contributed by atoms with Crippen molar-refractivity contribution in [3.05, 3.63) is 10.4 Å². The lowest BCUT2D eigenvalue weighted by Crippen LogP contribution is -2.70. The summed E-state index contributed by atoms with van der Waals surface area (Å²) in [6.45, 7) is 6.26. The molecule has 3 aliphatic heterocycles. The van der Waals surface area contributed by atoms with Crippen molar-refractivity contribution < 1.29 is 9.53 Å². The normalized spacial score (nSPS) is 31.6. The fourth-order valence-electron chi connectivity index (χ4n) is 3.34. The van der Waals surface area contributed by atoms with Gasteiger partial charge in [-0.15, -0.1) is 0 Å². The zero-order valence-corrected chi connectivity index (χ0v) is 12.0. The zero-order chi connectivity index (χ0) is 14.4. The number of azide groups is 1. The molecular formula is C13H23N5O2. The van der Waals surface area contributed by atoms with Crippen molar-refractivity contribution in [2.75, 3.05) is 39.3 Å². The first-order valence-corrected chi connectivity index (χ1v) is 7.38. The van der Waals surface area contributed by atoms with Gasteiger partial charge in [0.2, 0.25) is 0 Å². The highest BCUT2D eigenvalue weighted by atomic mass is 16.5. The van der Waals surface area contributed by atoms with E-state index in [1.807, 2.05) is 6.92 Å². The van der Waals surface area contributed by atoms with Gasteiger partial charge in [0.1, 0.15) is 5.54 Å². The Kier molecular flexibility index (Phi) is 5.23. The van der Waals surface area contributed by atoms with Gasteiger partial charge in [0.15, 0.2) is 0 Å². The minimum absolute atomic E-state index is 0.127. The molecule has 0 saturated carbocycles. The molecule has 0 spiro atoms. The molecule has 1 unspecified atom stereocenters. The Bertz CT molecular complexity index is 388. The Balaban J connectivity index is 2.01. The molecule has 0 aromatic rings. The maximum atomic E-state index is 12.4. The van der Waals surface area contributed by atoms with Gasteiger partial charge < -0.3 is 15.0 Å². The van der Waals surface area contributed by atoms with E-state index in [0.29, 0.717) is 25.6 Å². The van der Waals surface area contributed by atoms with Crippen molar-refractivity contribution in [3.8, 4) is 0 Å². The largest absolute Gasteiger partial charge is 0.465 e. The first kappa shape index (κ1) is 15.1. The smallest absolute Gasteiger partial charge is 0.327 e. The predicted molar refractivity (Wildman–Crippen MR) is 75.2 cm³/mol. The summed E-state index contributed by atoms with van der Waals surface area (Å²) >= 11 is 0. The maximum Gasteiger partial charge on any atom is 0.327 e. The molecule has 3 aliphatic rings. The van der Waals surface area contributed by atoms with Crippen LogP contribution in [-0.2, 0) is 9.53 Å². The summed E-state index contributed by atoms with van der Waals surface area (Å²) in [5.41, 5.74) is 7.70. The van der Waals surface area contributed by atoms with Crippen LogP contribution in [0.3, 0.4) is 0 Å². The highest BCUT2D eigenvalue weighted by Crippen LogP contribution is 2.36. The van der Waals surface area contributed by atoms with Gasteiger partial charge in [0, 0.05) is 18.0 Å². The molecule has 3 saturated heterocycles. The summed E-state index contributed by atoms with van der Waals surface area (Å²) in [6.07, 6.45) is 2.82. The second-order valence-electron chi connectivity index (χ2n) is 5.48. The van der Waals surface area contributed by atoms with Gasteiger partial charge in [0.25, 0.3) is 0 Å². The van der Waals surface area contributed by atoms with Gasteiger partial charge in [-0.3, -0.25) is 0 Å². The number of rotatable bonds is 7. The maximum absolute atomic E-state index is 12.4. The van der Waals surface area contributed by atoms with E-state index in [-0.39, 0.29) is 5.97 Å². The van der Waals surface area contributed by atoms with Gasteiger partial charge in [0.05, 0.1) is 6.61 Å². The Morgan fingerprint density at radius 2 is 2.30 bits per heavy atom. The summed E-state index contributed by atoms with van der Waals surface area (Å²) in [7, 11) is 0. The van der Waals surface area contributed by atoms with Crippen LogP contribution in [-0.4, -0.2) is 55.7 Å². The van der Waals surface area contributed by atoms with Crippen LogP contribution >= 0.6 is 0 Å². The van der Waals surface area contributed by atoms with Crippen molar-refractivity contribution >= 4 is 5.97 Å². The second-order valence-corrected chi connectivity index (χ2v) is 5.48. The number of fused-ring (bicyclic) bond motifs is 3. The van der Waals surface area contributed by atoms with E-state index in [1.165, 1.54) is 0 Å². The first-order valence-electron chi connectivity index (χ1n) is 7.38. The van der Waals surface area contributed by atoms with Gasteiger partial charge in [-0.05, 0) is 57.3 Å². The van der Waals surface area contributed by atoms with Crippen LogP contribution in [0.1, 0.15) is 26.2 Å². The molecule has 7 heteroatoms. The monoisotopic (exact) mass is 281 g/mol. The van der Waals surface area contributed by atoms with Gasteiger partial charge >= 0.3 is 5.97 Å². The Labute approximate surface area is 119 Å². The average molecular weight is 281 g/mol. The second kappa shape index (κ2) is 6.92. The lowest BCUT2D eigenvalue weighted by molar-refractivity contribution is -0.160. The van der Waals surface area contributed by atoms with E-state index in [4.69, 9.17) is 10.3 Å². The van der Waals surface area contributed by atoms with Gasteiger partial charge in [-0.1, -0.05) is 5.11 Å². The number of hydrogen-bond acceptors (Lipinski definition) is 5. The van der Waals surface area contributed by atoms with Crippen LogP contribution in [0.15, 0.2) is 5.11 Å². The van der Waals surface area contributed by atoms with Crippen molar-refractivity contribution in [3.63, 3.8) is 0 Å². The molecule has 20 heavy (non-hydrogen) atoms. The fourth-order valence-corrected chi connectivity index (χ4v) is 3.34. The van der Waals surface area contributed by atoms with E-state index >= 15 is 0 Å². The minimum Gasteiger partial charge on any atom is -0.465 e. The fraction of sp³-hybridized carbons (Fsp3) is 0.923. The molecule has 112 valence electrons. The quantitative estimate of drug-likeness (QED) is 0.250. The Morgan fingerprint density at radius 1 is 1.55 bits per heavy atom. The lowest BCUT2D eigenvalue weighted by Gasteiger charge is -2.51. The third-order valence-electron chi connectivity index (χ3n) is 4.34. The molecule has 0 aromatic carbocycles. The van der Waals surface area contributed by atoms with Crippen LogP contribution < -0.4 is 5.32 Å². The number of esters is 1. The summed E-state index contributed by atoms with van der Waals surface area (Å²) in [5.74, 6) is 0.226. The van der Waals surface area contributed by atoms with Crippen LogP contribution in [0.5, 0.6) is 0 Å². The Morgan fingerprint density at radius 3 is 2.85 bits per heavy atom. The van der Waals surface area contributed by atoms with Crippen molar-refractivity contribution in [1.29, 1.82) is 0 Å². The molecule has 0 aromatic heterocycles. The molecule has 3 rings (SSSR count). The number of nitrogens with zero attached hydrogens (tertiary/aromatic N) is 4. The molecule has 3 fully saturated rings. The van der Waals surface area contributed by atoms with Crippen LogP contribution in [0, 0.1) is 5.92 Å². The van der Waals surface area contributed by atoms with Gasteiger partial charge in [-0.25, -0.2) is 4.79 Å². The number of carbonyl (C=O) groups is 1. The van der Waals surface area contributed by atoms with E-state index in [1.54, 1.807) is 0 Å².